The lowest BCUT2D eigenvalue weighted by molar-refractivity contribution is -0.123. The Hall–Kier alpha value is -1.55. The van der Waals surface area contributed by atoms with Crippen LogP contribution < -0.4 is 15.4 Å². The molecule has 3 rings (SSSR count). The molecule has 1 saturated carbocycles. The molecule has 1 fully saturated rings. The smallest absolute Gasteiger partial charge is 0.230 e. The number of rotatable bonds is 2. The Labute approximate surface area is 119 Å². The predicted molar refractivity (Wildman–Crippen MR) is 78.8 cm³/mol. The van der Waals surface area contributed by atoms with Crippen molar-refractivity contribution in [2.45, 2.75) is 25.7 Å². The summed E-state index contributed by atoms with van der Waals surface area (Å²) in [6, 6.07) is 7.83. The van der Waals surface area contributed by atoms with E-state index in [4.69, 9.17) is 10.5 Å². The molecule has 1 aromatic rings. The molecule has 2 aliphatic rings. The van der Waals surface area contributed by atoms with Crippen LogP contribution in [-0.4, -0.2) is 25.6 Å². The third-order valence-corrected chi connectivity index (χ3v) is 4.48. The lowest BCUT2D eigenvalue weighted by Gasteiger charge is -2.27. The number of nitrogens with zero attached hydrogens (tertiary/aromatic N) is 1. The third kappa shape index (κ3) is 2.40. The van der Waals surface area contributed by atoms with E-state index in [9.17, 15) is 4.79 Å². The van der Waals surface area contributed by atoms with E-state index in [1.807, 2.05) is 29.2 Å². The van der Waals surface area contributed by atoms with Crippen molar-refractivity contribution in [2.75, 3.05) is 24.6 Å². The number of hydrogen-bond acceptors (Lipinski definition) is 3. The molecular weight excluding hydrogens is 252 g/mol. The minimum Gasteiger partial charge on any atom is -0.491 e. The predicted octanol–water partition coefficient (Wildman–Crippen LogP) is 2.18. The fraction of sp³-hybridized carbons (Fsp3) is 0.562. The van der Waals surface area contributed by atoms with Crippen LogP contribution in [0.15, 0.2) is 24.3 Å². The second kappa shape index (κ2) is 5.83. The first-order valence-electron chi connectivity index (χ1n) is 7.54. The van der Waals surface area contributed by atoms with Crippen LogP contribution in [0.3, 0.4) is 0 Å². The Bertz CT molecular complexity index is 489. The number of ether oxygens (including phenoxy) is 1. The number of amides is 1. The Balaban J connectivity index is 1.87. The van der Waals surface area contributed by atoms with Crippen LogP contribution in [0.5, 0.6) is 5.75 Å². The molecule has 1 aliphatic carbocycles. The lowest BCUT2D eigenvalue weighted by atomic mass is 9.94. The van der Waals surface area contributed by atoms with Gasteiger partial charge in [-0.05, 0) is 43.9 Å². The van der Waals surface area contributed by atoms with Gasteiger partial charge in [-0.3, -0.25) is 4.79 Å². The standard InChI is InChI=1S/C16H22N2O2/c17-11-12-5-3-6-13(12)16(19)18-9-4-10-20-15-8-2-1-7-14(15)18/h1-2,7-8,12-13H,3-6,9-11,17H2. The molecular formula is C16H22N2O2. The molecule has 2 N–H and O–H groups in total. The highest BCUT2D eigenvalue weighted by molar-refractivity contribution is 5.96. The number of nitrogens with two attached hydrogens (primary N) is 1. The van der Waals surface area contributed by atoms with Gasteiger partial charge in [0, 0.05) is 12.5 Å². The molecule has 2 atom stereocenters. The van der Waals surface area contributed by atoms with Crippen molar-refractivity contribution < 1.29 is 9.53 Å². The topological polar surface area (TPSA) is 55.6 Å². The maximum atomic E-state index is 12.9. The molecule has 1 aromatic carbocycles. The van der Waals surface area contributed by atoms with Gasteiger partial charge in [0.15, 0.2) is 0 Å². The van der Waals surface area contributed by atoms with Gasteiger partial charge in [-0.25, -0.2) is 0 Å². The summed E-state index contributed by atoms with van der Waals surface area (Å²) in [5.41, 5.74) is 6.74. The molecule has 2 unspecified atom stereocenters. The fourth-order valence-electron chi connectivity index (χ4n) is 3.40. The van der Waals surface area contributed by atoms with E-state index in [-0.39, 0.29) is 11.8 Å². The SMILES string of the molecule is NCC1CCCC1C(=O)N1CCCOc2ccccc21. The number of fused-ring (bicyclic) bond motifs is 1. The second-order valence-corrected chi connectivity index (χ2v) is 5.69. The summed E-state index contributed by atoms with van der Waals surface area (Å²) >= 11 is 0. The van der Waals surface area contributed by atoms with E-state index in [1.165, 1.54) is 0 Å². The molecule has 108 valence electrons. The zero-order valence-electron chi connectivity index (χ0n) is 11.8. The van der Waals surface area contributed by atoms with Crippen molar-refractivity contribution in [3.63, 3.8) is 0 Å². The third-order valence-electron chi connectivity index (χ3n) is 4.48. The van der Waals surface area contributed by atoms with E-state index in [0.29, 0.717) is 19.1 Å². The first-order chi connectivity index (χ1) is 9.81. The van der Waals surface area contributed by atoms with Gasteiger partial charge in [-0.1, -0.05) is 18.6 Å². The highest BCUT2D eigenvalue weighted by Gasteiger charge is 2.36. The number of para-hydroxylation sites is 2. The molecule has 0 saturated heterocycles. The summed E-state index contributed by atoms with van der Waals surface area (Å²) in [7, 11) is 0. The van der Waals surface area contributed by atoms with Crippen molar-refractivity contribution in [1.29, 1.82) is 0 Å². The van der Waals surface area contributed by atoms with Gasteiger partial charge in [-0.2, -0.15) is 0 Å². The van der Waals surface area contributed by atoms with Gasteiger partial charge in [0.05, 0.1) is 12.3 Å². The molecule has 4 heteroatoms. The van der Waals surface area contributed by atoms with Crippen LogP contribution in [0, 0.1) is 11.8 Å². The summed E-state index contributed by atoms with van der Waals surface area (Å²) in [6.45, 7) is 2.03. The van der Waals surface area contributed by atoms with Crippen molar-refractivity contribution in [2.24, 2.45) is 17.6 Å². The summed E-state index contributed by atoms with van der Waals surface area (Å²) < 4.78 is 5.73. The molecule has 1 aliphatic heterocycles. The van der Waals surface area contributed by atoms with Gasteiger partial charge < -0.3 is 15.4 Å². The molecule has 0 aromatic heterocycles. The average molecular weight is 274 g/mol. The van der Waals surface area contributed by atoms with Crippen LogP contribution >= 0.6 is 0 Å². The molecule has 0 radical (unpaired) electrons. The molecule has 1 heterocycles. The molecule has 1 amide bonds. The number of benzene rings is 1. The van der Waals surface area contributed by atoms with Crippen LogP contribution in [0.4, 0.5) is 5.69 Å². The van der Waals surface area contributed by atoms with Crippen LogP contribution in [-0.2, 0) is 4.79 Å². The largest absolute Gasteiger partial charge is 0.491 e. The van der Waals surface area contributed by atoms with Crippen molar-refractivity contribution in [3.8, 4) is 5.75 Å². The number of carbonyl (C=O) groups excluding carboxylic acids is 1. The number of hydrogen-bond donors (Lipinski definition) is 1. The van der Waals surface area contributed by atoms with Gasteiger partial charge in [-0.15, -0.1) is 0 Å². The van der Waals surface area contributed by atoms with Gasteiger partial charge in [0.1, 0.15) is 5.75 Å². The summed E-state index contributed by atoms with van der Waals surface area (Å²) in [5, 5.41) is 0. The van der Waals surface area contributed by atoms with Crippen LogP contribution in [0.25, 0.3) is 0 Å². The summed E-state index contributed by atoms with van der Waals surface area (Å²) in [4.78, 5) is 14.8. The van der Waals surface area contributed by atoms with Gasteiger partial charge in [0.25, 0.3) is 0 Å². The fourth-order valence-corrected chi connectivity index (χ4v) is 3.40. The summed E-state index contributed by atoms with van der Waals surface area (Å²) in [5.74, 6) is 1.49. The van der Waals surface area contributed by atoms with Crippen molar-refractivity contribution in [1.82, 2.24) is 0 Å². The lowest BCUT2D eigenvalue weighted by Crippen LogP contribution is -2.39. The first-order valence-corrected chi connectivity index (χ1v) is 7.54. The Morgan fingerprint density at radius 1 is 1.30 bits per heavy atom. The quantitative estimate of drug-likeness (QED) is 0.899. The van der Waals surface area contributed by atoms with E-state index in [2.05, 4.69) is 0 Å². The van der Waals surface area contributed by atoms with Crippen LogP contribution in [0.2, 0.25) is 0 Å². The van der Waals surface area contributed by atoms with E-state index in [1.54, 1.807) is 0 Å². The monoisotopic (exact) mass is 274 g/mol. The van der Waals surface area contributed by atoms with Crippen LogP contribution in [0.1, 0.15) is 25.7 Å². The maximum Gasteiger partial charge on any atom is 0.230 e. The minimum absolute atomic E-state index is 0.0890. The average Bonchev–Trinajstić information content (AvgIpc) is 2.86. The maximum absolute atomic E-state index is 12.9. The zero-order valence-corrected chi connectivity index (χ0v) is 11.8. The number of carbonyl (C=O) groups is 1. The highest BCUT2D eigenvalue weighted by Crippen LogP contribution is 2.37. The normalized spacial score (nSPS) is 25.8. The second-order valence-electron chi connectivity index (χ2n) is 5.69. The van der Waals surface area contributed by atoms with E-state index in [0.717, 1.165) is 43.7 Å². The summed E-state index contributed by atoms with van der Waals surface area (Å²) in [6.07, 6.45) is 4.05. The highest BCUT2D eigenvalue weighted by atomic mass is 16.5. The van der Waals surface area contributed by atoms with E-state index < -0.39 is 0 Å². The van der Waals surface area contributed by atoms with Crippen molar-refractivity contribution in [3.05, 3.63) is 24.3 Å². The van der Waals surface area contributed by atoms with Gasteiger partial charge >= 0.3 is 0 Å². The van der Waals surface area contributed by atoms with Crippen molar-refractivity contribution >= 4 is 11.6 Å². The Morgan fingerprint density at radius 2 is 2.15 bits per heavy atom. The Morgan fingerprint density at radius 3 is 3.00 bits per heavy atom. The number of anilines is 1. The van der Waals surface area contributed by atoms with E-state index >= 15 is 0 Å². The molecule has 20 heavy (non-hydrogen) atoms. The Kier molecular flexibility index (Phi) is 3.92. The minimum atomic E-state index is 0.0890. The molecule has 0 bridgehead atoms. The molecule has 4 nitrogen and oxygen atoms in total. The zero-order chi connectivity index (χ0) is 13.9. The van der Waals surface area contributed by atoms with Gasteiger partial charge in [0.2, 0.25) is 5.91 Å². The first kappa shape index (κ1) is 13.4. The molecule has 0 spiro atoms.